The van der Waals surface area contributed by atoms with Gasteiger partial charge in [0.25, 0.3) is 0 Å². The maximum absolute atomic E-state index is 13.0. The van der Waals surface area contributed by atoms with Crippen LogP contribution in [0.4, 0.5) is 0 Å². The van der Waals surface area contributed by atoms with E-state index in [0.717, 1.165) is 35.1 Å². The van der Waals surface area contributed by atoms with Crippen molar-refractivity contribution in [2.45, 2.75) is 40.5 Å². The number of carbonyl (C=O) groups is 1. The van der Waals surface area contributed by atoms with E-state index in [0.29, 0.717) is 51.9 Å². The van der Waals surface area contributed by atoms with Gasteiger partial charge in [0, 0.05) is 16.7 Å². The Hall–Kier alpha value is -3.35. The Morgan fingerprint density at radius 2 is 1.17 bits per heavy atom. The number of carbonyl (C=O) groups excluding carboxylic acids is 1. The van der Waals surface area contributed by atoms with E-state index in [-0.39, 0.29) is 0 Å². The Balaban J connectivity index is 2.53. The molecule has 0 radical (unpaired) electrons. The number of hydrogen-bond donors (Lipinski definition) is 0. The van der Waals surface area contributed by atoms with E-state index in [1.165, 1.54) is 7.11 Å². The average Bonchev–Trinajstić information content (AvgIpc) is 2.86. The van der Waals surface area contributed by atoms with Gasteiger partial charge >= 0.3 is 5.97 Å². The molecule has 0 amide bonds. The van der Waals surface area contributed by atoms with Crippen molar-refractivity contribution in [1.82, 2.24) is 0 Å². The van der Waals surface area contributed by atoms with Crippen molar-refractivity contribution in [2.75, 3.05) is 35.5 Å². The monoisotopic (exact) mass is 484 g/mol. The molecule has 0 saturated carbocycles. The summed E-state index contributed by atoms with van der Waals surface area (Å²) in [6.07, 6.45) is 3.24. The van der Waals surface area contributed by atoms with Crippen molar-refractivity contribution in [3.8, 4) is 45.6 Å². The summed E-state index contributed by atoms with van der Waals surface area (Å²) >= 11 is 0. The number of hydrogen-bond acceptors (Lipinski definition) is 7. The van der Waals surface area contributed by atoms with Crippen LogP contribution in [0.2, 0.25) is 0 Å². The highest BCUT2D eigenvalue weighted by atomic mass is 16.6. The normalized spacial score (nSPS) is 17.3. The molecule has 0 bridgehead atoms. The summed E-state index contributed by atoms with van der Waals surface area (Å²) in [7, 11) is 7.88. The molecule has 0 N–H and O–H groups in total. The predicted molar refractivity (Wildman–Crippen MR) is 135 cm³/mol. The third-order valence-electron chi connectivity index (χ3n) is 6.87. The van der Waals surface area contributed by atoms with Crippen molar-refractivity contribution in [1.29, 1.82) is 0 Å². The van der Waals surface area contributed by atoms with Gasteiger partial charge in [-0.1, -0.05) is 19.9 Å². The van der Waals surface area contributed by atoms with Crippen LogP contribution in [0.1, 0.15) is 38.8 Å². The van der Waals surface area contributed by atoms with E-state index in [2.05, 4.69) is 13.8 Å². The highest BCUT2D eigenvalue weighted by Crippen LogP contribution is 2.56. The average molecular weight is 485 g/mol. The van der Waals surface area contributed by atoms with Gasteiger partial charge in [-0.3, -0.25) is 0 Å². The number of allylic oxidation sites excluding steroid dienone is 1. The molecular formula is C28H36O7. The Morgan fingerprint density at radius 1 is 0.743 bits per heavy atom. The second-order valence-electron chi connectivity index (χ2n) is 8.88. The lowest BCUT2D eigenvalue weighted by Crippen LogP contribution is -2.19. The van der Waals surface area contributed by atoms with Gasteiger partial charge in [0.15, 0.2) is 23.0 Å². The number of fused-ring (bicyclic) bond motifs is 3. The zero-order chi connectivity index (χ0) is 25.9. The first kappa shape index (κ1) is 26.3. The molecular weight excluding hydrogens is 448 g/mol. The Kier molecular flexibility index (Phi) is 8.20. The molecule has 1 aliphatic rings. The van der Waals surface area contributed by atoms with Crippen LogP contribution < -0.4 is 28.4 Å². The van der Waals surface area contributed by atoms with Gasteiger partial charge in [-0.15, -0.1) is 0 Å². The van der Waals surface area contributed by atoms with Crippen LogP contribution in [0.25, 0.3) is 11.1 Å². The van der Waals surface area contributed by atoms with Gasteiger partial charge in [0.05, 0.1) is 35.5 Å². The minimum absolute atomic E-state index is 0.293. The topological polar surface area (TPSA) is 72.5 Å². The molecule has 0 unspecified atom stereocenters. The zero-order valence-electron chi connectivity index (χ0n) is 22.2. The summed E-state index contributed by atoms with van der Waals surface area (Å²) in [6, 6.07) is 3.94. The molecule has 0 aromatic heterocycles. The minimum Gasteiger partial charge on any atom is -0.493 e. The Morgan fingerprint density at radius 3 is 1.57 bits per heavy atom. The van der Waals surface area contributed by atoms with E-state index in [9.17, 15) is 4.79 Å². The molecule has 1 aliphatic carbocycles. The second-order valence-corrected chi connectivity index (χ2v) is 8.88. The summed E-state index contributed by atoms with van der Waals surface area (Å²) in [4.78, 5) is 13.0. The van der Waals surface area contributed by atoms with Crippen LogP contribution in [-0.2, 0) is 17.6 Å². The van der Waals surface area contributed by atoms with Crippen molar-refractivity contribution in [3.63, 3.8) is 0 Å². The number of benzene rings is 2. The van der Waals surface area contributed by atoms with Crippen LogP contribution in [0.15, 0.2) is 23.8 Å². The van der Waals surface area contributed by atoms with Crippen LogP contribution in [0.3, 0.4) is 0 Å². The van der Waals surface area contributed by atoms with Gasteiger partial charge in [-0.05, 0) is 61.8 Å². The smallest absolute Gasteiger partial charge is 0.338 e. The first-order valence-electron chi connectivity index (χ1n) is 11.7. The SMILES string of the molecule is C/C=C(/C)C(=O)Oc1c(OC)c(OC)cc2c1-c1c(cc(OC)c(OC)c1OC)C[C@H](C)[C@H](C)C2. The molecule has 190 valence electrons. The number of rotatable bonds is 7. The molecule has 2 aromatic carbocycles. The van der Waals surface area contributed by atoms with Crippen molar-refractivity contribution in [3.05, 3.63) is 34.9 Å². The lowest BCUT2D eigenvalue weighted by molar-refractivity contribution is -0.130. The zero-order valence-corrected chi connectivity index (χ0v) is 22.2. The third kappa shape index (κ3) is 4.77. The first-order valence-corrected chi connectivity index (χ1v) is 11.7. The Bertz CT molecular complexity index is 1130. The molecule has 2 atom stereocenters. The molecule has 3 rings (SSSR count). The van der Waals surface area contributed by atoms with Crippen molar-refractivity contribution < 1.29 is 33.2 Å². The van der Waals surface area contributed by atoms with Crippen LogP contribution in [-0.4, -0.2) is 41.5 Å². The van der Waals surface area contributed by atoms with E-state index in [1.54, 1.807) is 48.4 Å². The number of ether oxygens (including phenoxy) is 6. The predicted octanol–water partition coefficient (Wildman–Crippen LogP) is 5.64. The molecule has 0 spiro atoms. The molecule has 0 fully saturated rings. The first-order chi connectivity index (χ1) is 16.8. The lowest BCUT2D eigenvalue weighted by Gasteiger charge is -2.30. The van der Waals surface area contributed by atoms with Crippen LogP contribution in [0.5, 0.6) is 34.5 Å². The largest absolute Gasteiger partial charge is 0.493 e. The fourth-order valence-corrected chi connectivity index (χ4v) is 4.57. The molecule has 35 heavy (non-hydrogen) atoms. The molecule has 7 heteroatoms. The maximum Gasteiger partial charge on any atom is 0.338 e. The quantitative estimate of drug-likeness (QED) is 0.286. The molecule has 7 nitrogen and oxygen atoms in total. The number of esters is 1. The summed E-state index contributed by atoms with van der Waals surface area (Å²) < 4.78 is 34.7. The second kappa shape index (κ2) is 10.9. The van der Waals surface area contributed by atoms with Gasteiger partial charge in [-0.25, -0.2) is 4.79 Å². The summed E-state index contributed by atoms with van der Waals surface area (Å²) in [5.41, 5.74) is 3.98. The maximum atomic E-state index is 13.0. The molecule has 2 aromatic rings. The van der Waals surface area contributed by atoms with E-state index in [1.807, 2.05) is 12.1 Å². The van der Waals surface area contributed by atoms with Gasteiger partial charge < -0.3 is 28.4 Å². The minimum atomic E-state index is -0.467. The molecule has 0 heterocycles. The molecule has 0 aliphatic heterocycles. The number of methoxy groups -OCH3 is 5. The molecule has 0 saturated heterocycles. The van der Waals surface area contributed by atoms with Crippen LogP contribution in [0, 0.1) is 11.8 Å². The van der Waals surface area contributed by atoms with Crippen molar-refractivity contribution >= 4 is 5.97 Å². The van der Waals surface area contributed by atoms with Gasteiger partial charge in [-0.2, -0.15) is 0 Å². The lowest BCUT2D eigenvalue weighted by atomic mass is 9.77. The van der Waals surface area contributed by atoms with Gasteiger partial charge in [0.2, 0.25) is 11.5 Å². The third-order valence-corrected chi connectivity index (χ3v) is 6.87. The highest BCUT2D eigenvalue weighted by molar-refractivity contribution is 5.94. The van der Waals surface area contributed by atoms with E-state index in [4.69, 9.17) is 28.4 Å². The van der Waals surface area contributed by atoms with E-state index >= 15 is 0 Å². The standard InChI is InChI=1S/C28H36O7/c1-10-15(2)28(29)35-27-23-19(14-21(31-6)25(27)33-8)12-17(4)16(3)11-18-13-20(30-5)24(32-7)26(34-9)22(18)23/h10,13-14,16-17H,11-12H2,1-9H3/b15-10-/t16-,17+/m0/s1. The van der Waals surface area contributed by atoms with Crippen molar-refractivity contribution in [2.24, 2.45) is 11.8 Å². The highest BCUT2D eigenvalue weighted by Gasteiger charge is 2.34. The summed E-state index contributed by atoms with van der Waals surface area (Å²) in [6.45, 7) is 7.97. The summed E-state index contributed by atoms with van der Waals surface area (Å²) in [5, 5.41) is 0. The fraction of sp³-hybridized carbons (Fsp3) is 0.464. The Labute approximate surface area is 207 Å². The van der Waals surface area contributed by atoms with Gasteiger partial charge in [0.1, 0.15) is 0 Å². The van der Waals surface area contributed by atoms with E-state index < -0.39 is 5.97 Å². The van der Waals surface area contributed by atoms with Crippen LogP contribution >= 0.6 is 0 Å². The summed E-state index contributed by atoms with van der Waals surface area (Å²) in [5.74, 6) is 2.94. The fourth-order valence-electron chi connectivity index (χ4n) is 4.57.